The number of rotatable bonds is 8. The number of hydrogen-bond donors (Lipinski definition) is 2. The molecule has 0 saturated carbocycles. The number of nitrogens with one attached hydrogen (secondary N) is 2. The first-order valence-corrected chi connectivity index (χ1v) is 11.8. The van der Waals surface area contributed by atoms with Crippen molar-refractivity contribution < 1.29 is 0 Å². The fourth-order valence-electron chi connectivity index (χ4n) is 3.88. The molecule has 0 saturated heterocycles. The van der Waals surface area contributed by atoms with Crippen LogP contribution < -0.4 is 16.6 Å². The first-order valence-electron chi connectivity index (χ1n) is 11.0. The standard InChI is InChI=1S/C25H27BrN4O2/c1-3-13-29-22-15-21(28-23(22)24(31)30(14-4-2)25(29)32)18-7-5-17(6-8-18)16-27-20-11-9-19(26)10-12-20/h5-12,15,27-28H,3-4,13-14,16H2,1-2H3. The summed E-state index contributed by atoms with van der Waals surface area (Å²) in [6.07, 6.45) is 1.55. The maximum atomic E-state index is 12.9. The van der Waals surface area contributed by atoms with E-state index in [1.165, 1.54) is 4.57 Å². The van der Waals surface area contributed by atoms with Crippen LogP contribution in [0.15, 0.2) is 68.7 Å². The van der Waals surface area contributed by atoms with E-state index in [9.17, 15) is 9.59 Å². The number of nitrogens with zero attached hydrogens (tertiary/aromatic N) is 2. The predicted octanol–water partition coefficient (Wildman–Crippen LogP) is 5.35. The summed E-state index contributed by atoms with van der Waals surface area (Å²) in [4.78, 5) is 29.1. The van der Waals surface area contributed by atoms with Gasteiger partial charge in [0.1, 0.15) is 5.52 Å². The van der Waals surface area contributed by atoms with Crippen LogP contribution in [0.2, 0.25) is 0 Å². The Bertz CT molecular complexity index is 1330. The normalized spacial score (nSPS) is 11.2. The Labute approximate surface area is 195 Å². The zero-order valence-electron chi connectivity index (χ0n) is 18.3. The van der Waals surface area contributed by atoms with Crippen LogP contribution in [-0.2, 0) is 19.6 Å². The number of aryl methyl sites for hydroxylation is 1. The molecule has 0 amide bonds. The molecule has 2 aromatic carbocycles. The lowest BCUT2D eigenvalue weighted by molar-refractivity contribution is 0.558. The Morgan fingerprint density at radius 2 is 1.56 bits per heavy atom. The number of aromatic amines is 1. The van der Waals surface area contributed by atoms with E-state index in [1.807, 2.05) is 56.3 Å². The van der Waals surface area contributed by atoms with Crippen molar-refractivity contribution in [1.29, 1.82) is 0 Å². The van der Waals surface area contributed by atoms with Gasteiger partial charge in [0, 0.05) is 35.5 Å². The lowest BCUT2D eigenvalue weighted by Gasteiger charge is -2.10. The first-order chi connectivity index (χ1) is 15.5. The van der Waals surface area contributed by atoms with Gasteiger partial charge in [-0.3, -0.25) is 13.9 Å². The topological polar surface area (TPSA) is 71.8 Å². The highest BCUT2D eigenvalue weighted by Gasteiger charge is 2.15. The average Bonchev–Trinajstić information content (AvgIpc) is 3.25. The minimum Gasteiger partial charge on any atom is -0.381 e. The third-order valence-corrected chi connectivity index (χ3v) is 6.04. The van der Waals surface area contributed by atoms with E-state index in [0.29, 0.717) is 30.7 Å². The minimum atomic E-state index is -0.249. The summed E-state index contributed by atoms with van der Waals surface area (Å²) in [7, 11) is 0. The largest absolute Gasteiger partial charge is 0.381 e. The molecule has 0 atom stereocenters. The molecule has 0 bridgehead atoms. The molecule has 0 spiro atoms. The number of benzene rings is 2. The molecule has 7 heteroatoms. The monoisotopic (exact) mass is 494 g/mol. The van der Waals surface area contributed by atoms with E-state index in [1.54, 1.807) is 4.57 Å². The Kier molecular flexibility index (Phi) is 6.65. The second kappa shape index (κ2) is 9.61. The van der Waals surface area contributed by atoms with Crippen molar-refractivity contribution in [2.24, 2.45) is 0 Å². The second-order valence-corrected chi connectivity index (χ2v) is 8.81. The molecular formula is C25H27BrN4O2. The number of halogens is 1. The zero-order chi connectivity index (χ0) is 22.7. The van der Waals surface area contributed by atoms with Crippen LogP contribution in [0.5, 0.6) is 0 Å². The Morgan fingerprint density at radius 3 is 2.22 bits per heavy atom. The molecule has 2 N–H and O–H groups in total. The molecule has 0 aliphatic heterocycles. The first kappa shape index (κ1) is 22.1. The third kappa shape index (κ3) is 4.43. The summed E-state index contributed by atoms with van der Waals surface area (Å²) in [5, 5.41) is 3.41. The summed E-state index contributed by atoms with van der Waals surface area (Å²) >= 11 is 3.45. The molecule has 0 aliphatic carbocycles. The highest BCUT2D eigenvalue weighted by molar-refractivity contribution is 9.10. The van der Waals surface area contributed by atoms with E-state index < -0.39 is 0 Å². The molecule has 32 heavy (non-hydrogen) atoms. The Morgan fingerprint density at radius 1 is 0.906 bits per heavy atom. The maximum absolute atomic E-state index is 12.9. The number of fused-ring (bicyclic) bond motifs is 1. The van der Waals surface area contributed by atoms with Gasteiger partial charge in [-0.15, -0.1) is 0 Å². The van der Waals surface area contributed by atoms with Gasteiger partial charge in [-0.05, 0) is 54.3 Å². The van der Waals surface area contributed by atoms with E-state index in [-0.39, 0.29) is 11.2 Å². The van der Waals surface area contributed by atoms with Crippen molar-refractivity contribution >= 4 is 32.7 Å². The maximum Gasteiger partial charge on any atom is 0.331 e. The molecule has 6 nitrogen and oxygen atoms in total. The number of anilines is 1. The van der Waals surface area contributed by atoms with Gasteiger partial charge in [0.2, 0.25) is 0 Å². The van der Waals surface area contributed by atoms with Crippen molar-refractivity contribution in [1.82, 2.24) is 14.1 Å². The molecule has 0 unspecified atom stereocenters. The van der Waals surface area contributed by atoms with Crippen molar-refractivity contribution in [2.45, 2.75) is 46.3 Å². The van der Waals surface area contributed by atoms with Gasteiger partial charge in [0.25, 0.3) is 5.56 Å². The summed E-state index contributed by atoms with van der Waals surface area (Å²) in [5.74, 6) is 0. The highest BCUT2D eigenvalue weighted by Crippen LogP contribution is 2.23. The van der Waals surface area contributed by atoms with Gasteiger partial charge in [-0.1, -0.05) is 54.0 Å². The van der Waals surface area contributed by atoms with Crippen LogP contribution in [0.1, 0.15) is 32.3 Å². The van der Waals surface area contributed by atoms with Gasteiger partial charge < -0.3 is 10.3 Å². The minimum absolute atomic E-state index is 0.230. The molecule has 0 aliphatic rings. The summed E-state index contributed by atoms with van der Waals surface area (Å²) in [5.41, 5.74) is 4.71. The smallest absolute Gasteiger partial charge is 0.331 e. The van der Waals surface area contributed by atoms with Gasteiger partial charge in [0.05, 0.1) is 5.52 Å². The molecule has 2 heterocycles. The van der Waals surface area contributed by atoms with Crippen LogP contribution >= 0.6 is 15.9 Å². The van der Waals surface area contributed by atoms with Crippen LogP contribution in [0.3, 0.4) is 0 Å². The third-order valence-electron chi connectivity index (χ3n) is 5.51. The average molecular weight is 495 g/mol. The van der Waals surface area contributed by atoms with Gasteiger partial charge >= 0.3 is 5.69 Å². The van der Waals surface area contributed by atoms with Gasteiger partial charge in [-0.2, -0.15) is 0 Å². The van der Waals surface area contributed by atoms with Crippen molar-refractivity contribution in [3.05, 3.63) is 85.5 Å². The summed E-state index contributed by atoms with van der Waals surface area (Å²) < 4.78 is 4.11. The molecule has 2 aromatic heterocycles. The zero-order valence-corrected chi connectivity index (χ0v) is 19.9. The van der Waals surface area contributed by atoms with Crippen LogP contribution in [0.4, 0.5) is 5.69 Å². The van der Waals surface area contributed by atoms with Gasteiger partial charge in [0.15, 0.2) is 0 Å². The number of H-pyrrole nitrogens is 1. The van der Waals surface area contributed by atoms with Crippen molar-refractivity contribution in [3.63, 3.8) is 0 Å². The lowest BCUT2D eigenvalue weighted by atomic mass is 10.1. The molecular weight excluding hydrogens is 468 g/mol. The fourth-order valence-corrected chi connectivity index (χ4v) is 4.14. The van der Waals surface area contributed by atoms with E-state index in [0.717, 1.165) is 39.8 Å². The van der Waals surface area contributed by atoms with E-state index in [4.69, 9.17) is 0 Å². The number of aromatic nitrogens is 3. The summed E-state index contributed by atoms with van der Waals surface area (Å²) in [6.45, 7) is 5.71. The van der Waals surface area contributed by atoms with Crippen LogP contribution in [0.25, 0.3) is 22.3 Å². The molecule has 0 fully saturated rings. The fraction of sp³-hybridized carbons (Fsp3) is 0.280. The van der Waals surface area contributed by atoms with Crippen LogP contribution in [-0.4, -0.2) is 14.1 Å². The Hall–Kier alpha value is -3.06. The molecule has 0 radical (unpaired) electrons. The predicted molar refractivity (Wildman–Crippen MR) is 134 cm³/mol. The summed E-state index contributed by atoms with van der Waals surface area (Å²) in [6, 6.07) is 18.2. The SMILES string of the molecule is CCCn1c(=O)c2[nH]c(-c3ccc(CNc4ccc(Br)cc4)cc3)cc2n(CCC)c1=O. The van der Waals surface area contributed by atoms with Crippen molar-refractivity contribution in [2.75, 3.05) is 5.32 Å². The molecule has 166 valence electrons. The second-order valence-electron chi connectivity index (χ2n) is 7.89. The van der Waals surface area contributed by atoms with Gasteiger partial charge in [-0.25, -0.2) is 4.79 Å². The van der Waals surface area contributed by atoms with E-state index in [2.05, 4.69) is 38.4 Å². The molecule has 4 aromatic rings. The quantitative estimate of drug-likeness (QED) is 0.346. The highest BCUT2D eigenvalue weighted by atomic mass is 79.9. The van der Waals surface area contributed by atoms with Crippen LogP contribution in [0, 0.1) is 0 Å². The van der Waals surface area contributed by atoms with E-state index >= 15 is 0 Å². The Balaban J connectivity index is 1.64. The number of hydrogen-bond acceptors (Lipinski definition) is 3. The van der Waals surface area contributed by atoms with Crippen molar-refractivity contribution in [3.8, 4) is 11.3 Å². The molecule has 4 rings (SSSR count). The lowest BCUT2D eigenvalue weighted by Crippen LogP contribution is -2.39.